The number of aryl methyl sites for hydroxylation is 1. The molecule has 0 aliphatic carbocycles. The summed E-state index contributed by atoms with van der Waals surface area (Å²) in [4.78, 5) is 12.6. The normalized spacial score (nSPS) is 11.8. The molecular formula is C15H14F4N2O3S2. The standard InChI is InChI=1S/C15H14F4N2O3S2/c1-8-11(15(22)20-9-2-3-12(18)13(19)4-9)5-14(25-8)26(23,24)21-10(6-16)7-17/h2-5,10,21H,6-7H2,1H3,(H,20,22). The van der Waals surface area contributed by atoms with E-state index in [9.17, 15) is 30.8 Å². The number of hydrogen-bond donors (Lipinski definition) is 2. The van der Waals surface area contributed by atoms with E-state index >= 15 is 0 Å². The Morgan fingerprint density at radius 1 is 1.15 bits per heavy atom. The summed E-state index contributed by atoms with van der Waals surface area (Å²) in [5.74, 6) is -2.97. The summed E-state index contributed by atoms with van der Waals surface area (Å²) in [5.41, 5.74) is -0.0332. The van der Waals surface area contributed by atoms with Gasteiger partial charge in [0.15, 0.2) is 11.6 Å². The van der Waals surface area contributed by atoms with E-state index in [-0.39, 0.29) is 15.5 Å². The van der Waals surface area contributed by atoms with Crippen molar-refractivity contribution >= 4 is 33.0 Å². The van der Waals surface area contributed by atoms with Crippen molar-refractivity contribution in [2.75, 3.05) is 18.7 Å². The van der Waals surface area contributed by atoms with Gasteiger partial charge in [0, 0.05) is 16.6 Å². The highest BCUT2D eigenvalue weighted by Crippen LogP contribution is 2.27. The summed E-state index contributed by atoms with van der Waals surface area (Å²) in [7, 11) is -4.21. The van der Waals surface area contributed by atoms with E-state index in [2.05, 4.69) is 5.32 Å². The average molecular weight is 410 g/mol. The van der Waals surface area contributed by atoms with Gasteiger partial charge in [-0.25, -0.2) is 30.7 Å². The fourth-order valence-electron chi connectivity index (χ4n) is 1.97. The predicted octanol–water partition coefficient (Wildman–Crippen LogP) is 3.17. The second-order valence-corrected chi connectivity index (χ2v) is 8.44. The van der Waals surface area contributed by atoms with Crippen LogP contribution in [0.5, 0.6) is 0 Å². The van der Waals surface area contributed by atoms with Crippen LogP contribution in [-0.2, 0) is 10.0 Å². The zero-order chi connectivity index (χ0) is 19.5. The van der Waals surface area contributed by atoms with Gasteiger partial charge in [0.25, 0.3) is 15.9 Å². The molecule has 1 heterocycles. The molecule has 142 valence electrons. The maximum absolute atomic E-state index is 13.2. The molecule has 0 unspecified atom stereocenters. The van der Waals surface area contributed by atoms with E-state index in [1.54, 1.807) is 0 Å². The molecule has 0 saturated carbocycles. The summed E-state index contributed by atoms with van der Waals surface area (Å²) >= 11 is 0.738. The molecule has 2 aromatic rings. The predicted molar refractivity (Wildman–Crippen MR) is 89.4 cm³/mol. The molecule has 0 spiro atoms. The molecule has 0 saturated heterocycles. The zero-order valence-corrected chi connectivity index (χ0v) is 15.0. The third-order valence-corrected chi connectivity index (χ3v) is 6.32. The number of amides is 1. The Morgan fingerprint density at radius 3 is 2.38 bits per heavy atom. The smallest absolute Gasteiger partial charge is 0.256 e. The van der Waals surface area contributed by atoms with Crippen LogP contribution < -0.4 is 10.0 Å². The second kappa shape index (κ2) is 8.14. The Kier molecular flexibility index (Phi) is 6.37. The first-order valence-corrected chi connectivity index (χ1v) is 9.49. The summed E-state index contributed by atoms with van der Waals surface area (Å²) in [5, 5.41) is 2.32. The van der Waals surface area contributed by atoms with Crippen LogP contribution in [0, 0.1) is 18.6 Å². The van der Waals surface area contributed by atoms with Gasteiger partial charge in [0.2, 0.25) is 0 Å². The Morgan fingerprint density at radius 2 is 1.81 bits per heavy atom. The Bertz CT molecular complexity index is 912. The van der Waals surface area contributed by atoms with Crippen molar-refractivity contribution in [1.82, 2.24) is 4.72 Å². The fraction of sp³-hybridized carbons (Fsp3) is 0.267. The quantitative estimate of drug-likeness (QED) is 0.689. The van der Waals surface area contributed by atoms with E-state index in [1.165, 1.54) is 6.92 Å². The summed E-state index contributed by atoms with van der Waals surface area (Å²) in [6.45, 7) is -0.960. The molecule has 1 aromatic carbocycles. The second-order valence-electron chi connectivity index (χ2n) is 5.25. The Balaban J connectivity index is 2.23. The molecule has 0 bridgehead atoms. The van der Waals surface area contributed by atoms with Crippen molar-refractivity contribution in [2.45, 2.75) is 17.2 Å². The van der Waals surface area contributed by atoms with Gasteiger partial charge in [-0.15, -0.1) is 11.3 Å². The SMILES string of the molecule is Cc1sc(S(=O)(=O)NC(CF)CF)cc1C(=O)Nc1ccc(F)c(F)c1. The molecule has 11 heteroatoms. The molecular weight excluding hydrogens is 396 g/mol. The number of carbonyl (C=O) groups excluding carboxylic acids is 1. The number of benzene rings is 1. The number of hydrogen-bond acceptors (Lipinski definition) is 4. The topological polar surface area (TPSA) is 75.3 Å². The van der Waals surface area contributed by atoms with Crippen LogP contribution in [0.2, 0.25) is 0 Å². The third-order valence-electron chi connectivity index (χ3n) is 3.28. The lowest BCUT2D eigenvalue weighted by Gasteiger charge is -2.10. The zero-order valence-electron chi connectivity index (χ0n) is 13.4. The first-order chi connectivity index (χ1) is 12.2. The monoisotopic (exact) mass is 410 g/mol. The number of alkyl halides is 2. The van der Waals surface area contributed by atoms with Crippen molar-refractivity contribution in [2.24, 2.45) is 0 Å². The van der Waals surface area contributed by atoms with Gasteiger partial charge in [-0.1, -0.05) is 0 Å². The van der Waals surface area contributed by atoms with Crippen LogP contribution in [0.15, 0.2) is 28.5 Å². The molecule has 0 radical (unpaired) electrons. The molecule has 5 nitrogen and oxygen atoms in total. The number of carbonyl (C=O) groups is 1. The van der Waals surface area contributed by atoms with Gasteiger partial charge < -0.3 is 5.32 Å². The van der Waals surface area contributed by atoms with E-state index in [0.717, 1.165) is 35.6 Å². The lowest BCUT2D eigenvalue weighted by atomic mass is 10.2. The number of thiophene rings is 1. The molecule has 1 aromatic heterocycles. The van der Waals surface area contributed by atoms with Gasteiger partial charge in [-0.3, -0.25) is 4.79 Å². The maximum atomic E-state index is 13.2. The summed E-state index contributed by atoms with van der Waals surface area (Å²) in [6.07, 6.45) is 0. The largest absolute Gasteiger partial charge is 0.322 e. The number of nitrogens with one attached hydrogen (secondary N) is 2. The van der Waals surface area contributed by atoms with Crippen molar-refractivity contribution in [3.05, 3.63) is 46.3 Å². The number of sulfonamides is 1. The van der Waals surface area contributed by atoms with Crippen molar-refractivity contribution in [1.29, 1.82) is 0 Å². The van der Waals surface area contributed by atoms with Crippen LogP contribution in [-0.4, -0.2) is 33.7 Å². The van der Waals surface area contributed by atoms with Crippen LogP contribution in [0.25, 0.3) is 0 Å². The minimum atomic E-state index is -4.21. The molecule has 2 rings (SSSR count). The number of halogens is 4. The number of anilines is 1. The molecule has 1 amide bonds. The fourth-order valence-corrected chi connectivity index (χ4v) is 4.62. The third kappa shape index (κ3) is 4.59. The average Bonchev–Trinajstić information content (AvgIpc) is 2.99. The molecule has 26 heavy (non-hydrogen) atoms. The first-order valence-electron chi connectivity index (χ1n) is 7.19. The molecule has 2 N–H and O–H groups in total. The molecule has 0 aliphatic heterocycles. The Hall–Kier alpha value is -1.98. The molecule has 0 atom stereocenters. The summed E-state index contributed by atoms with van der Waals surface area (Å²) < 4.78 is 77.0. The van der Waals surface area contributed by atoms with Crippen LogP contribution in [0.1, 0.15) is 15.2 Å². The first kappa shape index (κ1) is 20.3. The lowest BCUT2D eigenvalue weighted by Crippen LogP contribution is -2.37. The lowest BCUT2D eigenvalue weighted by molar-refractivity contribution is 0.102. The van der Waals surface area contributed by atoms with Crippen LogP contribution >= 0.6 is 11.3 Å². The van der Waals surface area contributed by atoms with Gasteiger partial charge >= 0.3 is 0 Å². The number of rotatable bonds is 7. The van der Waals surface area contributed by atoms with Gasteiger partial charge in [0.1, 0.15) is 17.6 Å². The highest BCUT2D eigenvalue weighted by Gasteiger charge is 2.25. The Labute approximate surface area is 151 Å². The van der Waals surface area contributed by atoms with E-state index in [4.69, 9.17) is 0 Å². The van der Waals surface area contributed by atoms with Gasteiger partial charge in [0.05, 0.1) is 11.6 Å². The van der Waals surface area contributed by atoms with Crippen molar-refractivity contribution in [3.8, 4) is 0 Å². The van der Waals surface area contributed by atoms with E-state index < -0.39 is 47.0 Å². The van der Waals surface area contributed by atoms with Gasteiger partial charge in [-0.2, -0.15) is 0 Å². The van der Waals surface area contributed by atoms with Crippen LogP contribution in [0.3, 0.4) is 0 Å². The highest BCUT2D eigenvalue weighted by molar-refractivity contribution is 7.91. The van der Waals surface area contributed by atoms with Gasteiger partial charge in [-0.05, 0) is 25.1 Å². The van der Waals surface area contributed by atoms with Crippen LogP contribution in [0.4, 0.5) is 23.2 Å². The molecule has 0 fully saturated rings. The minimum Gasteiger partial charge on any atom is -0.322 e. The summed E-state index contributed by atoms with van der Waals surface area (Å²) in [6, 6.07) is 2.29. The van der Waals surface area contributed by atoms with E-state index in [0.29, 0.717) is 4.88 Å². The molecule has 0 aliphatic rings. The van der Waals surface area contributed by atoms with Crippen molar-refractivity contribution < 1.29 is 30.8 Å². The maximum Gasteiger partial charge on any atom is 0.256 e. The van der Waals surface area contributed by atoms with Crippen molar-refractivity contribution in [3.63, 3.8) is 0 Å². The van der Waals surface area contributed by atoms with E-state index in [1.807, 2.05) is 4.72 Å². The highest BCUT2D eigenvalue weighted by atomic mass is 32.2. The minimum absolute atomic E-state index is 0.0165.